The Morgan fingerprint density at radius 3 is 2.33 bits per heavy atom. The predicted octanol–water partition coefficient (Wildman–Crippen LogP) is 5.57. The van der Waals surface area contributed by atoms with Crippen LogP contribution < -0.4 is 5.32 Å². The molecule has 0 unspecified atom stereocenters. The van der Waals surface area contributed by atoms with Gasteiger partial charge in [0.05, 0.1) is 16.5 Å². The third kappa shape index (κ3) is 6.75. The quantitative estimate of drug-likeness (QED) is 0.545. The van der Waals surface area contributed by atoms with E-state index in [1.807, 2.05) is 52.0 Å². The molecule has 0 bridgehead atoms. The highest BCUT2D eigenvalue weighted by atomic mass is 35.5. The summed E-state index contributed by atoms with van der Waals surface area (Å²) >= 11 is 12.1. The van der Waals surface area contributed by atoms with Gasteiger partial charge in [0.2, 0.25) is 11.8 Å². The van der Waals surface area contributed by atoms with Crippen LogP contribution in [0.3, 0.4) is 0 Å². The topological polar surface area (TPSA) is 49.4 Å². The lowest BCUT2D eigenvalue weighted by Gasteiger charge is -2.31. The molecular formula is C24H30Cl2N2O2. The molecule has 2 aromatic carbocycles. The second kappa shape index (κ2) is 11.4. The molecule has 0 saturated carbocycles. The van der Waals surface area contributed by atoms with Gasteiger partial charge >= 0.3 is 0 Å². The first kappa shape index (κ1) is 24.2. The molecule has 2 rings (SSSR count). The van der Waals surface area contributed by atoms with E-state index in [1.165, 1.54) is 0 Å². The summed E-state index contributed by atoms with van der Waals surface area (Å²) in [7, 11) is 0. The van der Waals surface area contributed by atoms with Gasteiger partial charge < -0.3 is 10.2 Å². The standard InChI is InChI=1S/C24H30Cl2N2O2/c1-5-17(4)27-24(30)22(6-2)28(15-19-9-7-8-16(3)12-19)23(29)14-18-10-11-20(25)21(26)13-18/h7-13,17,22H,5-6,14-15H2,1-4H3,(H,27,30)/t17-,22+/m1/s1. The number of nitrogens with one attached hydrogen (secondary N) is 1. The molecule has 2 atom stereocenters. The van der Waals surface area contributed by atoms with E-state index in [0.717, 1.165) is 23.1 Å². The van der Waals surface area contributed by atoms with E-state index < -0.39 is 6.04 Å². The SMILES string of the molecule is CC[C@@H](C)NC(=O)[C@H](CC)N(Cc1cccc(C)c1)C(=O)Cc1ccc(Cl)c(Cl)c1. The maximum atomic E-state index is 13.3. The van der Waals surface area contributed by atoms with Gasteiger partial charge in [-0.3, -0.25) is 9.59 Å². The molecule has 6 heteroatoms. The summed E-state index contributed by atoms with van der Waals surface area (Å²) < 4.78 is 0. The van der Waals surface area contributed by atoms with Crippen LogP contribution in [0.25, 0.3) is 0 Å². The molecule has 0 aliphatic heterocycles. The largest absolute Gasteiger partial charge is 0.352 e. The second-order valence-electron chi connectivity index (χ2n) is 7.68. The fourth-order valence-electron chi connectivity index (χ4n) is 3.29. The summed E-state index contributed by atoms with van der Waals surface area (Å²) in [6.07, 6.45) is 1.51. The third-order valence-electron chi connectivity index (χ3n) is 5.16. The molecule has 0 spiro atoms. The Kier molecular flexibility index (Phi) is 9.19. The molecule has 0 saturated heterocycles. The van der Waals surface area contributed by atoms with Gasteiger partial charge in [-0.15, -0.1) is 0 Å². The summed E-state index contributed by atoms with van der Waals surface area (Å²) in [6, 6.07) is 12.7. The van der Waals surface area contributed by atoms with Gasteiger partial charge in [-0.2, -0.15) is 0 Å². The number of carbonyl (C=O) groups excluding carboxylic acids is 2. The predicted molar refractivity (Wildman–Crippen MR) is 124 cm³/mol. The fourth-order valence-corrected chi connectivity index (χ4v) is 3.61. The summed E-state index contributed by atoms with van der Waals surface area (Å²) in [6.45, 7) is 8.29. The lowest BCUT2D eigenvalue weighted by molar-refractivity contribution is -0.141. The number of hydrogen-bond acceptors (Lipinski definition) is 2. The van der Waals surface area contributed by atoms with E-state index >= 15 is 0 Å². The average Bonchev–Trinajstić information content (AvgIpc) is 2.70. The molecule has 2 amide bonds. The van der Waals surface area contributed by atoms with Crippen LogP contribution in [0.15, 0.2) is 42.5 Å². The zero-order chi connectivity index (χ0) is 22.3. The van der Waals surface area contributed by atoms with Gasteiger partial charge in [-0.25, -0.2) is 0 Å². The molecule has 1 N–H and O–H groups in total. The van der Waals surface area contributed by atoms with E-state index in [1.54, 1.807) is 23.1 Å². The Morgan fingerprint density at radius 1 is 1.00 bits per heavy atom. The molecule has 0 aliphatic carbocycles. The maximum Gasteiger partial charge on any atom is 0.243 e. The monoisotopic (exact) mass is 448 g/mol. The maximum absolute atomic E-state index is 13.3. The van der Waals surface area contributed by atoms with E-state index in [-0.39, 0.29) is 24.3 Å². The van der Waals surface area contributed by atoms with Gasteiger partial charge in [0.15, 0.2) is 0 Å². The number of benzene rings is 2. The minimum atomic E-state index is -0.546. The summed E-state index contributed by atoms with van der Waals surface area (Å²) in [4.78, 5) is 28.0. The molecule has 0 aromatic heterocycles. The van der Waals surface area contributed by atoms with Gasteiger partial charge in [0.25, 0.3) is 0 Å². The van der Waals surface area contributed by atoms with Gasteiger partial charge in [-0.1, -0.05) is 72.9 Å². The first-order chi connectivity index (χ1) is 14.2. The Balaban J connectivity index is 2.31. The van der Waals surface area contributed by atoms with Crippen molar-refractivity contribution in [3.63, 3.8) is 0 Å². The van der Waals surface area contributed by atoms with Crippen LogP contribution in [0, 0.1) is 6.92 Å². The number of nitrogens with zero attached hydrogens (tertiary/aromatic N) is 1. The smallest absolute Gasteiger partial charge is 0.243 e. The van der Waals surface area contributed by atoms with E-state index in [0.29, 0.717) is 23.0 Å². The number of aryl methyl sites for hydroxylation is 1. The van der Waals surface area contributed by atoms with Crippen LogP contribution in [-0.2, 0) is 22.6 Å². The van der Waals surface area contributed by atoms with E-state index in [9.17, 15) is 9.59 Å². The van der Waals surface area contributed by atoms with Crippen molar-refractivity contribution >= 4 is 35.0 Å². The molecule has 30 heavy (non-hydrogen) atoms. The van der Waals surface area contributed by atoms with Crippen molar-refractivity contribution in [1.82, 2.24) is 10.2 Å². The van der Waals surface area contributed by atoms with Crippen LogP contribution in [0.4, 0.5) is 0 Å². The van der Waals surface area contributed by atoms with Crippen molar-refractivity contribution < 1.29 is 9.59 Å². The number of hydrogen-bond donors (Lipinski definition) is 1. The van der Waals surface area contributed by atoms with Crippen molar-refractivity contribution in [2.24, 2.45) is 0 Å². The van der Waals surface area contributed by atoms with Gasteiger partial charge in [0.1, 0.15) is 6.04 Å². The first-order valence-electron chi connectivity index (χ1n) is 10.3. The van der Waals surface area contributed by atoms with Gasteiger partial charge in [0, 0.05) is 12.6 Å². The lowest BCUT2D eigenvalue weighted by atomic mass is 10.1. The van der Waals surface area contributed by atoms with Crippen LogP contribution >= 0.6 is 23.2 Å². The number of carbonyl (C=O) groups is 2. The summed E-state index contributed by atoms with van der Waals surface area (Å²) in [5.74, 6) is -0.247. The molecular weight excluding hydrogens is 419 g/mol. The van der Waals surface area contributed by atoms with Gasteiger partial charge in [-0.05, 0) is 49.9 Å². The highest BCUT2D eigenvalue weighted by Gasteiger charge is 2.29. The van der Waals surface area contributed by atoms with E-state index in [2.05, 4.69) is 5.32 Å². The van der Waals surface area contributed by atoms with Crippen molar-refractivity contribution in [2.75, 3.05) is 0 Å². The molecule has 0 radical (unpaired) electrons. The van der Waals surface area contributed by atoms with Crippen LogP contribution in [0.1, 0.15) is 50.3 Å². The highest BCUT2D eigenvalue weighted by molar-refractivity contribution is 6.42. The molecule has 0 aliphatic rings. The normalized spacial score (nSPS) is 12.9. The minimum absolute atomic E-state index is 0.0533. The second-order valence-corrected chi connectivity index (χ2v) is 8.49. The first-order valence-corrected chi connectivity index (χ1v) is 11.1. The van der Waals surface area contributed by atoms with Crippen molar-refractivity contribution in [3.8, 4) is 0 Å². The molecule has 0 fully saturated rings. The molecule has 162 valence electrons. The highest BCUT2D eigenvalue weighted by Crippen LogP contribution is 2.24. The van der Waals surface area contributed by atoms with Crippen LogP contribution in [0.5, 0.6) is 0 Å². The molecule has 0 heterocycles. The Hall–Kier alpha value is -2.04. The Labute approximate surface area is 189 Å². The van der Waals surface area contributed by atoms with Crippen molar-refractivity contribution in [1.29, 1.82) is 0 Å². The Morgan fingerprint density at radius 2 is 1.73 bits per heavy atom. The zero-order valence-electron chi connectivity index (χ0n) is 18.0. The van der Waals surface area contributed by atoms with Crippen LogP contribution in [0.2, 0.25) is 10.0 Å². The fraction of sp³-hybridized carbons (Fsp3) is 0.417. The minimum Gasteiger partial charge on any atom is -0.352 e. The number of rotatable bonds is 9. The Bertz CT molecular complexity index is 885. The average molecular weight is 449 g/mol. The summed E-state index contributed by atoms with van der Waals surface area (Å²) in [5.41, 5.74) is 2.87. The molecule has 2 aromatic rings. The van der Waals surface area contributed by atoms with Crippen molar-refractivity contribution in [3.05, 3.63) is 69.2 Å². The van der Waals surface area contributed by atoms with Crippen LogP contribution in [-0.4, -0.2) is 28.8 Å². The zero-order valence-corrected chi connectivity index (χ0v) is 19.6. The van der Waals surface area contributed by atoms with Crippen molar-refractivity contribution in [2.45, 2.75) is 65.6 Å². The molecule has 4 nitrogen and oxygen atoms in total. The number of halogens is 2. The third-order valence-corrected chi connectivity index (χ3v) is 5.90. The summed E-state index contributed by atoms with van der Waals surface area (Å²) in [5, 5.41) is 3.88. The lowest BCUT2D eigenvalue weighted by Crippen LogP contribution is -2.51. The van der Waals surface area contributed by atoms with E-state index in [4.69, 9.17) is 23.2 Å². The number of amides is 2.